The molecule has 0 spiro atoms. The van der Waals surface area contributed by atoms with Crippen molar-refractivity contribution in [3.05, 3.63) is 27.3 Å². The van der Waals surface area contributed by atoms with Crippen molar-refractivity contribution in [3.63, 3.8) is 0 Å². The van der Waals surface area contributed by atoms with E-state index in [1.54, 1.807) is 0 Å². The predicted molar refractivity (Wildman–Crippen MR) is 55.6 cm³/mol. The smallest absolute Gasteiger partial charge is 0.0675 e. The van der Waals surface area contributed by atoms with Crippen molar-refractivity contribution in [3.8, 4) is 0 Å². The maximum absolute atomic E-state index is 4.42. The van der Waals surface area contributed by atoms with E-state index in [2.05, 4.69) is 52.7 Å². The van der Waals surface area contributed by atoms with Gasteiger partial charge in [0.2, 0.25) is 0 Å². The van der Waals surface area contributed by atoms with Crippen LogP contribution in [0.2, 0.25) is 0 Å². The Morgan fingerprint density at radius 2 is 2.27 bits per heavy atom. The lowest BCUT2D eigenvalue weighted by Crippen LogP contribution is -1.87. The first-order valence-corrected chi connectivity index (χ1v) is 4.66. The molecule has 1 heterocycles. The van der Waals surface area contributed by atoms with E-state index < -0.39 is 0 Å². The summed E-state index contributed by atoms with van der Waals surface area (Å²) in [6.07, 6.45) is 1.03. The fourth-order valence-corrected chi connectivity index (χ4v) is 1.79. The average Bonchev–Trinajstić information content (AvgIpc) is 2.27. The number of fused-ring (bicyclic) bond motifs is 1. The van der Waals surface area contributed by atoms with Crippen molar-refractivity contribution in [1.29, 1.82) is 0 Å². The number of hydrogen-bond acceptors (Lipinski definition) is 1. The fourth-order valence-electron chi connectivity index (χ4n) is 1.31. The zero-order valence-electron chi connectivity index (χ0n) is 6.26. The highest BCUT2D eigenvalue weighted by molar-refractivity contribution is 14.1. The molecular formula is C9H8IN. The molecule has 2 heteroatoms. The molecule has 0 aromatic heterocycles. The molecule has 0 saturated heterocycles. The molecule has 1 nitrogen and oxygen atoms in total. The van der Waals surface area contributed by atoms with Gasteiger partial charge in [0.1, 0.15) is 0 Å². The van der Waals surface area contributed by atoms with Gasteiger partial charge in [0.15, 0.2) is 0 Å². The monoisotopic (exact) mass is 257 g/mol. The molecule has 0 bridgehead atoms. The molecule has 0 aliphatic carbocycles. The second-order valence-corrected chi connectivity index (χ2v) is 4.04. The average molecular weight is 257 g/mol. The van der Waals surface area contributed by atoms with Gasteiger partial charge in [-0.1, -0.05) is 6.07 Å². The lowest BCUT2D eigenvalue weighted by Gasteiger charge is -1.95. The second-order valence-electron chi connectivity index (χ2n) is 2.80. The summed E-state index contributed by atoms with van der Waals surface area (Å²) in [6.45, 7) is 2.08. The summed E-state index contributed by atoms with van der Waals surface area (Å²) < 4.78 is 1.26. The van der Waals surface area contributed by atoms with Gasteiger partial charge in [-0.15, -0.1) is 0 Å². The Kier molecular flexibility index (Phi) is 1.71. The molecule has 0 atom stereocenters. The number of benzene rings is 1. The van der Waals surface area contributed by atoms with Gasteiger partial charge >= 0.3 is 0 Å². The van der Waals surface area contributed by atoms with Crippen LogP contribution in [0.15, 0.2) is 23.2 Å². The molecule has 2 rings (SSSR count). The Bertz CT molecular complexity index is 328. The zero-order valence-corrected chi connectivity index (χ0v) is 8.42. The summed E-state index contributed by atoms with van der Waals surface area (Å²) in [7, 11) is 0. The van der Waals surface area contributed by atoms with Gasteiger partial charge in [0.25, 0.3) is 0 Å². The zero-order chi connectivity index (χ0) is 7.84. The van der Waals surface area contributed by atoms with E-state index in [0.717, 1.165) is 12.1 Å². The minimum Gasteiger partial charge on any atom is -0.257 e. The standard InChI is InChI=1S/C9H8IN/c1-6-4-7-2-3-8(10)5-9(7)11-6/h2-3,5H,4H2,1H3. The number of hydrogen-bond donors (Lipinski definition) is 0. The van der Waals surface area contributed by atoms with Gasteiger partial charge in [0.05, 0.1) is 5.69 Å². The van der Waals surface area contributed by atoms with Crippen LogP contribution in [0, 0.1) is 3.57 Å². The molecule has 0 radical (unpaired) electrons. The van der Waals surface area contributed by atoms with Crippen LogP contribution >= 0.6 is 22.6 Å². The van der Waals surface area contributed by atoms with E-state index in [-0.39, 0.29) is 0 Å². The van der Waals surface area contributed by atoms with Gasteiger partial charge in [-0.2, -0.15) is 0 Å². The molecule has 1 aromatic rings. The molecule has 11 heavy (non-hydrogen) atoms. The molecule has 0 saturated carbocycles. The molecule has 1 aliphatic heterocycles. The normalized spacial score (nSPS) is 14.5. The third-order valence-electron chi connectivity index (χ3n) is 1.80. The van der Waals surface area contributed by atoms with E-state index in [1.807, 2.05) is 0 Å². The third-order valence-corrected chi connectivity index (χ3v) is 2.48. The summed E-state index contributed by atoms with van der Waals surface area (Å²) >= 11 is 2.31. The third kappa shape index (κ3) is 1.31. The lowest BCUT2D eigenvalue weighted by molar-refractivity contribution is 1.38. The quantitative estimate of drug-likeness (QED) is 0.633. The molecule has 0 N–H and O–H groups in total. The highest BCUT2D eigenvalue weighted by Gasteiger charge is 2.09. The van der Waals surface area contributed by atoms with E-state index in [0.29, 0.717) is 0 Å². The topological polar surface area (TPSA) is 12.4 Å². The van der Waals surface area contributed by atoms with Crippen LogP contribution in [0.4, 0.5) is 5.69 Å². The maximum Gasteiger partial charge on any atom is 0.0675 e. The van der Waals surface area contributed by atoms with Crippen molar-refractivity contribution in [2.45, 2.75) is 13.3 Å². The Balaban J connectivity index is 2.54. The van der Waals surface area contributed by atoms with Crippen molar-refractivity contribution in [2.75, 3.05) is 0 Å². The van der Waals surface area contributed by atoms with Gasteiger partial charge < -0.3 is 0 Å². The summed E-state index contributed by atoms with van der Waals surface area (Å²) in [5.74, 6) is 0. The summed E-state index contributed by atoms with van der Waals surface area (Å²) in [6, 6.07) is 6.43. The minimum atomic E-state index is 1.03. The van der Waals surface area contributed by atoms with Crippen molar-refractivity contribution in [2.24, 2.45) is 4.99 Å². The summed E-state index contributed by atoms with van der Waals surface area (Å²) in [5.41, 5.74) is 3.75. The van der Waals surface area contributed by atoms with Crippen LogP contribution in [0.5, 0.6) is 0 Å². The number of aliphatic imine (C=N–C) groups is 1. The van der Waals surface area contributed by atoms with Crippen LogP contribution in [0.3, 0.4) is 0 Å². The second kappa shape index (κ2) is 2.59. The van der Waals surface area contributed by atoms with Crippen LogP contribution < -0.4 is 0 Å². The molecule has 0 fully saturated rings. The van der Waals surface area contributed by atoms with Crippen LogP contribution in [-0.4, -0.2) is 5.71 Å². The van der Waals surface area contributed by atoms with E-state index in [1.165, 1.54) is 14.8 Å². The first kappa shape index (κ1) is 7.28. The lowest BCUT2D eigenvalue weighted by atomic mass is 10.1. The van der Waals surface area contributed by atoms with Gasteiger partial charge in [0, 0.05) is 15.7 Å². The molecule has 56 valence electrons. The largest absolute Gasteiger partial charge is 0.257 e. The van der Waals surface area contributed by atoms with E-state index in [4.69, 9.17) is 0 Å². The van der Waals surface area contributed by atoms with Crippen molar-refractivity contribution >= 4 is 34.0 Å². The Morgan fingerprint density at radius 1 is 1.45 bits per heavy atom. The molecule has 1 aliphatic rings. The van der Waals surface area contributed by atoms with Crippen molar-refractivity contribution in [1.82, 2.24) is 0 Å². The Hall–Kier alpha value is -0.380. The summed E-state index contributed by atoms with van der Waals surface area (Å²) in [5, 5.41) is 0. The fraction of sp³-hybridized carbons (Fsp3) is 0.222. The molecular weight excluding hydrogens is 249 g/mol. The molecule has 0 amide bonds. The minimum absolute atomic E-state index is 1.03. The molecule has 0 unspecified atom stereocenters. The maximum atomic E-state index is 4.42. The number of halogens is 1. The first-order valence-electron chi connectivity index (χ1n) is 3.58. The van der Waals surface area contributed by atoms with Crippen LogP contribution in [-0.2, 0) is 6.42 Å². The van der Waals surface area contributed by atoms with Gasteiger partial charge in [-0.25, -0.2) is 0 Å². The van der Waals surface area contributed by atoms with E-state index in [9.17, 15) is 0 Å². The molecule has 1 aromatic carbocycles. The summed E-state index contributed by atoms with van der Waals surface area (Å²) in [4.78, 5) is 4.42. The first-order chi connectivity index (χ1) is 5.25. The van der Waals surface area contributed by atoms with Crippen LogP contribution in [0.1, 0.15) is 12.5 Å². The highest BCUT2D eigenvalue weighted by atomic mass is 127. The predicted octanol–water partition coefficient (Wildman–Crippen LogP) is 2.94. The number of rotatable bonds is 0. The Labute approximate surface area is 79.7 Å². The highest BCUT2D eigenvalue weighted by Crippen LogP contribution is 2.27. The number of nitrogens with zero attached hydrogens (tertiary/aromatic N) is 1. The van der Waals surface area contributed by atoms with Crippen molar-refractivity contribution < 1.29 is 0 Å². The van der Waals surface area contributed by atoms with Gasteiger partial charge in [-0.05, 0) is 47.2 Å². The van der Waals surface area contributed by atoms with Crippen LogP contribution in [0.25, 0.3) is 0 Å². The van der Waals surface area contributed by atoms with E-state index >= 15 is 0 Å². The van der Waals surface area contributed by atoms with Gasteiger partial charge in [-0.3, -0.25) is 4.99 Å². The Morgan fingerprint density at radius 3 is 3.09 bits per heavy atom. The SMILES string of the molecule is CC1=Nc2cc(I)ccc2C1.